The van der Waals surface area contributed by atoms with Gasteiger partial charge in [-0.25, -0.2) is 4.79 Å². The summed E-state index contributed by atoms with van der Waals surface area (Å²) in [7, 11) is 3.01. The fraction of sp³-hybridized carbons (Fsp3) is 0.125. The van der Waals surface area contributed by atoms with Crippen LogP contribution >= 0.6 is 80.0 Å². The van der Waals surface area contributed by atoms with Crippen molar-refractivity contribution in [3.63, 3.8) is 0 Å². The van der Waals surface area contributed by atoms with E-state index in [2.05, 4.69) is 0 Å². The predicted octanol–water partition coefficient (Wildman–Crippen LogP) is 5.98. The summed E-state index contributed by atoms with van der Waals surface area (Å²) in [5, 5.41) is 8.87. The Kier molecular flexibility index (Phi) is 9.73. The SMILES string of the molecule is COc1c(Cl)cc(C(=O)Cl)cc1I.COc1c(Cl)cc(C(=O)O)cc1I. The van der Waals surface area contributed by atoms with Crippen LogP contribution in [0.5, 0.6) is 11.5 Å². The third-order valence-corrected chi connectivity index (χ3v) is 5.26. The van der Waals surface area contributed by atoms with E-state index in [1.165, 1.54) is 32.4 Å². The first kappa shape index (κ1) is 23.5. The van der Waals surface area contributed by atoms with Gasteiger partial charge in [0.05, 0.1) is 37.0 Å². The van der Waals surface area contributed by atoms with Gasteiger partial charge in [-0.3, -0.25) is 4.79 Å². The maximum atomic E-state index is 10.8. The van der Waals surface area contributed by atoms with E-state index >= 15 is 0 Å². The summed E-state index contributed by atoms with van der Waals surface area (Å²) in [6.07, 6.45) is 0. The maximum Gasteiger partial charge on any atom is 0.335 e. The quantitative estimate of drug-likeness (QED) is 0.328. The van der Waals surface area contributed by atoms with Gasteiger partial charge in [0.15, 0.2) is 11.5 Å². The zero-order valence-electron chi connectivity index (χ0n) is 13.3. The van der Waals surface area contributed by atoms with Gasteiger partial charge in [-0.05, 0) is 81.0 Å². The van der Waals surface area contributed by atoms with Gasteiger partial charge in [-0.1, -0.05) is 23.2 Å². The molecule has 0 radical (unpaired) electrons. The molecule has 0 fully saturated rings. The highest BCUT2D eigenvalue weighted by Gasteiger charge is 2.12. The molecule has 0 amide bonds. The van der Waals surface area contributed by atoms with Gasteiger partial charge in [-0.2, -0.15) is 0 Å². The van der Waals surface area contributed by atoms with Crippen molar-refractivity contribution in [2.24, 2.45) is 0 Å². The van der Waals surface area contributed by atoms with E-state index < -0.39 is 11.2 Å². The molecule has 0 atom stereocenters. The van der Waals surface area contributed by atoms with Crippen molar-refractivity contribution in [3.05, 3.63) is 52.6 Å². The van der Waals surface area contributed by atoms with Crippen molar-refractivity contribution < 1.29 is 24.2 Å². The van der Waals surface area contributed by atoms with Crippen LogP contribution < -0.4 is 9.47 Å². The molecule has 2 aromatic rings. The topological polar surface area (TPSA) is 72.8 Å². The molecule has 2 rings (SSSR count). The van der Waals surface area contributed by atoms with Crippen LogP contribution in [0, 0.1) is 7.14 Å². The Balaban J connectivity index is 0.000000260. The predicted molar refractivity (Wildman–Crippen MR) is 119 cm³/mol. The lowest BCUT2D eigenvalue weighted by Crippen LogP contribution is -1.98. The van der Waals surface area contributed by atoms with Crippen LogP contribution in [0.1, 0.15) is 20.7 Å². The highest BCUT2D eigenvalue weighted by atomic mass is 127. The smallest absolute Gasteiger partial charge is 0.335 e. The molecule has 0 spiro atoms. The number of carboxylic acid groups (broad SMARTS) is 1. The Labute approximate surface area is 192 Å². The Morgan fingerprint density at radius 1 is 0.885 bits per heavy atom. The average Bonchev–Trinajstić information content (AvgIpc) is 2.54. The van der Waals surface area contributed by atoms with Gasteiger partial charge < -0.3 is 14.6 Å². The lowest BCUT2D eigenvalue weighted by molar-refractivity contribution is 0.0696. The van der Waals surface area contributed by atoms with Crippen molar-refractivity contribution in [3.8, 4) is 11.5 Å². The van der Waals surface area contributed by atoms with E-state index in [9.17, 15) is 9.59 Å². The highest BCUT2D eigenvalue weighted by molar-refractivity contribution is 14.1. The lowest BCUT2D eigenvalue weighted by Gasteiger charge is -2.06. The number of hydrogen-bond acceptors (Lipinski definition) is 4. The molecule has 0 bridgehead atoms. The molecule has 0 unspecified atom stereocenters. The van der Waals surface area contributed by atoms with Crippen LogP contribution in [0.3, 0.4) is 0 Å². The summed E-state index contributed by atoms with van der Waals surface area (Å²) in [6.45, 7) is 0. The fourth-order valence-electron chi connectivity index (χ4n) is 1.75. The molecule has 0 aliphatic carbocycles. The van der Waals surface area contributed by atoms with Gasteiger partial charge >= 0.3 is 5.97 Å². The minimum atomic E-state index is -0.998. The monoisotopic (exact) mass is 642 g/mol. The van der Waals surface area contributed by atoms with E-state index in [0.717, 1.165) is 3.57 Å². The van der Waals surface area contributed by atoms with Crippen molar-refractivity contribution in [1.82, 2.24) is 0 Å². The Morgan fingerprint density at radius 2 is 1.27 bits per heavy atom. The lowest BCUT2D eigenvalue weighted by atomic mass is 10.2. The molecule has 26 heavy (non-hydrogen) atoms. The number of aromatic carboxylic acids is 1. The maximum absolute atomic E-state index is 10.8. The minimum absolute atomic E-state index is 0.162. The van der Waals surface area contributed by atoms with Crippen LogP contribution in [-0.4, -0.2) is 30.5 Å². The molecule has 0 heterocycles. The highest BCUT2D eigenvalue weighted by Crippen LogP contribution is 2.32. The first-order chi connectivity index (χ1) is 12.1. The molecule has 0 aromatic heterocycles. The third kappa shape index (κ3) is 6.29. The molecule has 1 N–H and O–H groups in total. The van der Waals surface area contributed by atoms with Gasteiger partial charge in [0.2, 0.25) is 0 Å². The van der Waals surface area contributed by atoms with E-state index in [-0.39, 0.29) is 5.56 Å². The van der Waals surface area contributed by atoms with Crippen molar-refractivity contribution in [2.75, 3.05) is 14.2 Å². The number of carbonyl (C=O) groups excluding carboxylic acids is 1. The number of hydrogen-bond donors (Lipinski definition) is 1. The van der Waals surface area contributed by atoms with Crippen molar-refractivity contribution >= 4 is 91.2 Å². The van der Waals surface area contributed by atoms with Crippen LogP contribution in [-0.2, 0) is 0 Å². The van der Waals surface area contributed by atoms with E-state index in [0.29, 0.717) is 30.7 Å². The number of rotatable bonds is 4. The number of halogens is 5. The second kappa shape index (κ2) is 10.7. The number of carboxylic acids is 1. The molecule has 0 aliphatic rings. The summed E-state index contributed by atoms with van der Waals surface area (Å²) in [4.78, 5) is 21.4. The van der Waals surface area contributed by atoms with Crippen LogP contribution in [0.2, 0.25) is 10.0 Å². The molecule has 140 valence electrons. The van der Waals surface area contributed by atoms with Gasteiger partial charge in [-0.15, -0.1) is 0 Å². The summed E-state index contributed by atoms with van der Waals surface area (Å²) >= 11 is 20.9. The molecular weight excluding hydrogens is 632 g/mol. The summed E-state index contributed by atoms with van der Waals surface area (Å²) in [5.41, 5.74) is 0.534. The third-order valence-electron chi connectivity index (χ3n) is 2.88. The molecule has 10 heteroatoms. The standard InChI is InChI=1S/C8H5Cl2IO2.C8H6ClIO3/c1-13-7-5(9)2-4(8(10)12)3-6(7)11;1-13-7-5(9)2-4(8(11)12)3-6(7)10/h2-3H,1H3;2-3H,1H3,(H,11,12). The largest absolute Gasteiger partial charge is 0.494 e. The normalized spacial score (nSPS) is 9.81. The zero-order chi connectivity index (χ0) is 20.0. The Bertz CT molecular complexity index is 727. The number of methoxy groups -OCH3 is 2. The van der Waals surface area contributed by atoms with Gasteiger partial charge in [0.25, 0.3) is 5.24 Å². The first-order valence-corrected chi connectivity index (χ1v) is 9.90. The van der Waals surface area contributed by atoms with Crippen LogP contribution in [0.15, 0.2) is 24.3 Å². The molecule has 2 aromatic carbocycles. The molecule has 0 aliphatic heterocycles. The summed E-state index contributed by atoms with van der Waals surface area (Å²) in [5.74, 6) is 0.0682. The number of ether oxygens (including phenoxy) is 2. The van der Waals surface area contributed by atoms with Gasteiger partial charge in [0, 0.05) is 5.56 Å². The Morgan fingerprint density at radius 3 is 1.58 bits per heavy atom. The van der Waals surface area contributed by atoms with Crippen molar-refractivity contribution in [2.45, 2.75) is 0 Å². The van der Waals surface area contributed by atoms with E-state index in [1.807, 2.05) is 45.2 Å². The molecular formula is C16H11Cl3I2O5. The average molecular weight is 643 g/mol. The zero-order valence-corrected chi connectivity index (χ0v) is 19.9. The van der Waals surface area contributed by atoms with E-state index in [1.54, 1.807) is 6.07 Å². The number of carbonyl (C=O) groups is 2. The summed E-state index contributed by atoms with van der Waals surface area (Å²) in [6, 6.07) is 5.98. The van der Waals surface area contributed by atoms with Crippen molar-refractivity contribution in [1.29, 1.82) is 0 Å². The summed E-state index contributed by atoms with van der Waals surface area (Å²) < 4.78 is 11.4. The second-order valence-corrected chi connectivity index (χ2v) is 8.01. The van der Waals surface area contributed by atoms with E-state index in [4.69, 9.17) is 49.4 Å². The molecule has 0 saturated heterocycles. The Hall–Kier alpha value is -0.490. The van der Waals surface area contributed by atoms with Gasteiger partial charge in [0.1, 0.15) is 0 Å². The second-order valence-electron chi connectivity index (χ2n) is 4.53. The fourth-order valence-corrected chi connectivity index (χ4v) is 4.46. The first-order valence-electron chi connectivity index (χ1n) is 6.61. The van der Waals surface area contributed by atoms with Crippen LogP contribution in [0.25, 0.3) is 0 Å². The molecule has 5 nitrogen and oxygen atoms in total. The van der Waals surface area contributed by atoms with Crippen LogP contribution in [0.4, 0.5) is 0 Å². The minimum Gasteiger partial charge on any atom is -0.494 e. The number of benzene rings is 2. The molecule has 0 saturated carbocycles.